The third-order valence-electron chi connectivity index (χ3n) is 4.24. The van der Waals surface area contributed by atoms with Gasteiger partial charge in [0.1, 0.15) is 5.56 Å². The van der Waals surface area contributed by atoms with E-state index in [1.807, 2.05) is 29.6 Å². The Morgan fingerprint density at radius 3 is 3.13 bits per heavy atom. The van der Waals surface area contributed by atoms with E-state index in [-0.39, 0.29) is 5.91 Å². The van der Waals surface area contributed by atoms with Crippen molar-refractivity contribution < 1.29 is 4.79 Å². The largest absolute Gasteiger partial charge is 0.338 e. The van der Waals surface area contributed by atoms with Crippen molar-refractivity contribution in [3.05, 3.63) is 46.3 Å². The topological polar surface area (TPSA) is 63.4 Å². The van der Waals surface area contributed by atoms with Gasteiger partial charge < -0.3 is 4.90 Å². The average Bonchev–Trinajstić information content (AvgIpc) is 3.27. The maximum atomic E-state index is 12.8. The number of amides is 1. The van der Waals surface area contributed by atoms with Gasteiger partial charge in [-0.05, 0) is 24.8 Å². The molecule has 4 heterocycles. The Kier molecular flexibility index (Phi) is 3.57. The smallest absolute Gasteiger partial charge is 0.259 e. The van der Waals surface area contributed by atoms with Crippen LogP contribution in [0.15, 0.2) is 30.2 Å². The molecular formula is C16H17N5OS. The van der Waals surface area contributed by atoms with E-state index in [0.717, 1.165) is 36.5 Å². The molecule has 4 rings (SSSR count). The number of aryl methyl sites for hydroxylation is 1. The molecule has 118 valence electrons. The summed E-state index contributed by atoms with van der Waals surface area (Å²) in [6, 6.07) is 0. The SMILES string of the molecule is Cc1cnc2c(C(=O)N3CCC(Cc4nccs4)C3)cnn2c1. The molecule has 0 radical (unpaired) electrons. The van der Waals surface area contributed by atoms with E-state index in [2.05, 4.69) is 15.1 Å². The van der Waals surface area contributed by atoms with Gasteiger partial charge in [0.2, 0.25) is 0 Å². The summed E-state index contributed by atoms with van der Waals surface area (Å²) in [5, 5.41) is 7.40. The number of carbonyl (C=O) groups is 1. The zero-order valence-corrected chi connectivity index (χ0v) is 13.7. The fourth-order valence-corrected chi connectivity index (χ4v) is 3.81. The molecule has 0 aliphatic carbocycles. The number of carbonyl (C=O) groups excluding carboxylic acids is 1. The van der Waals surface area contributed by atoms with Crippen LogP contribution in [-0.4, -0.2) is 43.5 Å². The van der Waals surface area contributed by atoms with Crippen molar-refractivity contribution >= 4 is 22.9 Å². The van der Waals surface area contributed by atoms with Crippen molar-refractivity contribution in [3.8, 4) is 0 Å². The number of thiazole rings is 1. The van der Waals surface area contributed by atoms with Crippen LogP contribution in [0.1, 0.15) is 27.3 Å². The highest BCUT2D eigenvalue weighted by molar-refractivity contribution is 7.09. The lowest BCUT2D eigenvalue weighted by Crippen LogP contribution is -2.29. The molecule has 0 aromatic carbocycles. The normalized spacial score (nSPS) is 18.0. The first-order valence-corrected chi connectivity index (χ1v) is 8.56. The maximum Gasteiger partial charge on any atom is 0.259 e. The van der Waals surface area contributed by atoms with Crippen molar-refractivity contribution in [3.63, 3.8) is 0 Å². The Morgan fingerprint density at radius 2 is 2.30 bits per heavy atom. The van der Waals surface area contributed by atoms with Gasteiger partial charge in [-0.2, -0.15) is 5.10 Å². The number of likely N-dealkylation sites (tertiary alicyclic amines) is 1. The Labute approximate surface area is 137 Å². The number of aromatic nitrogens is 4. The Hall–Kier alpha value is -2.28. The molecule has 23 heavy (non-hydrogen) atoms. The van der Waals surface area contributed by atoms with Crippen LogP contribution >= 0.6 is 11.3 Å². The van der Waals surface area contributed by atoms with Crippen molar-refractivity contribution in [2.75, 3.05) is 13.1 Å². The van der Waals surface area contributed by atoms with Crippen LogP contribution in [0.4, 0.5) is 0 Å². The van der Waals surface area contributed by atoms with Gasteiger partial charge in [-0.15, -0.1) is 11.3 Å². The summed E-state index contributed by atoms with van der Waals surface area (Å²) in [5.74, 6) is 0.514. The van der Waals surface area contributed by atoms with Crippen LogP contribution in [0.5, 0.6) is 0 Å². The Bertz CT molecular complexity index is 841. The number of fused-ring (bicyclic) bond motifs is 1. The van der Waals surface area contributed by atoms with Crippen LogP contribution in [0.2, 0.25) is 0 Å². The molecule has 1 aliphatic rings. The van der Waals surface area contributed by atoms with Crippen molar-refractivity contribution in [1.29, 1.82) is 0 Å². The van der Waals surface area contributed by atoms with Crippen LogP contribution in [0, 0.1) is 12.8 Å². The third-order valence-corrected chi connectivity index (χ3v) is 5.04. The molecule has 7 heteroatoms. The molecule has 1 fully saturated rings. The first kappa shape index (κ1) is 14.3. The van der Waals surface area contributed by atoms with E-state index < -0.39 is 0 Å². The quantitative estimate of drug-likeness (QED) is 0.740. The minimum Gasteiger partial charge on any atom is -0.338 e. The lowest BCUT2D eigenvalue weighted by Gasteiger charge is -2.15. The molecule has 1 unspecified atom stereocenters. The average molecular weight is 327 g/mol. The summed E-state index contributed by atoms with van der Waals surface area (Å²) in [6.45, 7) is 3.53. The molecule has 1 amide bonds. The highest BCUT2D eigenvalue weighted by Gasteiger charge is 2.29. The summed E-state index contributed by atoms with van der Waals surface area (Å²) in [7, 11) is 0. The lowest BCUT2D eigenvalue weighted by atomic mass is 10.1. The molecule has 0 bridgehead atoms. The van der Waals surface area contributed by atoms with Gasteiger partial charge in [-0.3, -0.25) is 4.79 Å². The summed E-state index contributed by atoms with van der Waals surface area (Å²) in [4.78, 5) is 23.4. The number of hydrogen-bond acceptors (Lipinski definition) is 5. The second-order valence-corrected chi connectivity index (χ2v) is 6.97. The molecule has 3 aromatic heterocycles. The van der Waals surface area contributed by atoms with Gasteiger partial charge in [-0.25, -0.2) is 14.5 Å². The first-order valence-electron chi connectivity index (χ1n) is 7.68. The first-order chi connectivity index (χ1) is 11.2. The number of nitrogens with zero attached hydrogens (tertiary/aromatic N) is 5. The van der Waals surface area contributed by atoms with Gasteiger partial charge in [-0.1, -0.05) is 0 Å². The summed E-state index contributed by atoms with van der Waals surface area (Å²) < 4.78 is 1.67. The minimum atomic E-state index is 0.0259. The zero-order chi connectivity index (χ0) is 15.8. The highest BCUT2D eigenvalue weighted by Crippen LogP contribution is 2.24. The predicted molar refractivity (Wildman–Crippen MR) is 87.6 cm³/mol. The molecule has 3 aromatic rings. The standard InChI is InChI=1S/C16H17N5OS/c1-11-7-18-15-13(8-19-21(15)9-11)16(22)20-4-2-12(10-20)6-14-17-3-5-23-14/h3,5,7-9,12H,2,4,6,10H2,1H3. The lowest BCUT2D eigenvalue weighted by molar-refractivity contribution is 0.0789. The molecule has 0 N–H and O–H groups in total. The van der Waals surface area contributed by atoms with E-state index in [1.165, 1.54) is 0 Å². The maximum absolute atomic E-state index is 12.8. The van der Waals surface area contributed by atoms with Gasteiger partial charge >= 0.3 is 0 Å². The fourth-order valence-electron chi connectivity index (χ4n) is 3.07. The van der Waals surface area contributed by atoms with Gasteiger partial charge in [0.25, 0.3) is 5.91 Å². The van der Waals surface area contributed by atoms with E-state index in [0.29, 0.717) is 17.1 Å². The van der Waals surface area contributed by atoms with Crippen LogP contribution in [0.25, 0.3) is 5.65 Å². The number of rotatable bonds is 3. The van der Waals surface area contributed by atoms with Gasteiger partial charge in [0.05, 0.1) is 11.2 Å². The van der Waals surface area contributed by atoms with Gasteiger partial charge in [0.15, 0.2) is 5.65 Å². The van der Waals surface area contributed by atoms with E-state index >= 15 is 0 Å². The monoisotopic (exact) mass is 327 g/mol. The molecule has 1 atom stereocenters. The highest BCUT2D eigenvalue weighted by atomic mass is 32.1. The van der Waals surface area contributed by atoms with Crippen LogP contribution < -0.4 is 0 Å². The van der Waals surface area contributed by atoms with Crippen molar-refractivity contribution in [2.24, 2.45) is 5.92 Å². The molecule has 1 saturated heterocycles. The second-order valence-electron chi connectivity index (χ2n) is 5.99. The molecule has 0 saturated carbocycles. The fraction of sp³-hybridized carbons (Fsp3) is 0.375. The van der Waals surface area contributed by atoms with Crippen molar-refractivity contribution in [1.82, 2.24) is 24.5 Å². The molecule has 1 aliphatic heterocycles. The summed E-state index contributed by atoms with van der Waals surface area (Å²) >= 11 is 1.68. The predicted octanol–water partition coefficient (Wildman–Crippen LogP) is 2.20. The summed E-state index contributed by atoms with van der Waals surface area (Å²) in [6.07, 6.45) is 9.09. The molecule has 6 nitrogen and oxygen atoms in total. The van der Waals surface area contributed by atoms with Crippen molar-refractivity contribution in [2.45, 2.75) is 19.8 Å². The van der Waals surface area contributed by atoms with E-state index in [9.17, 15) is 4.79 Å². The number of hydrogen-bond donors (Lipinski definition) is 0. The van der Waals surface area contributed by atoms with Crippen LogP contribution in [0.3, 0.4) is 0 Å². The minimum absolute atomic E-state index is 0.0259. The zero-order valence-electron chi connectivity index (χ0n) is 12.8. The molecule has 0 spiro atoms. The second kappa shape index (κ2) is 5.73. The third kappa shape index (κ3) is 2.72. The summed E-state index contributed by atoms with van der Waals surface area (Å²) in [5.41, 5.74) is 2.23. The van der Waals surface area contributed by atoms with Gasteiger partial charge in [0, 0.05) is 43.5 Å². The Balaban J connectivity index is 1.50. The van der Waals surface area contributed by atoms with E-state index in [1.54, 1.807) is 28.2 Å². The van der Waals surface area contributed by atoms with E-state index in [4.69, 9.17) is 0 Å². The Morgan fingerprint density at radius 1 is 1.39 bits per heavy atom. The van der Waals surface area contributed by atoms with Crippen LogP contribution in [-0.2, 0) is 6.42 Å². The molecular weight excluding hydrogens is 310 g/mol.